The number of piperidine rings is 1. The Labute approximate surface area is 119 Å². The summed E-state index contributed by atoms with van der Waals surface area (Å²) >= 11 is 0. The van der Waals surface area contributed by atoms with Gasteiger partial charge in [-0.15, -0.1) is 0 Å². The number of carbonyl (C=O) groups is 1. The van der Waals surface area contributed by atoms with Crippen LogP contribution in [0.2, 0.25) is 0 Å². The van der Waals surface area contributed by atoms with Crippen LogP contribution >= 0.6 is 0 Å². The number of fused-ring (bicyclic) bond motifs is 1. The van der Waals surface area contributed by atoms with Crippen molar-refractivity contribution in [2.45, 2.75) is 24.9 Å². The molecule has 3 rings (SSSR count). The highest BCUT2D eigenvalue weighted by atomic mass is 19.1. The molecular weight excluding hydrogens is 283 g/mol. The number of nitrogens with zero attached hydrogens (tertiary/aromatic N) is 2. The lowest BCUT2D eigenvalue weighted by Gasteiger charge is -2.37. The topological polar surface area (TPSA) is 92.9 Å². The van der Waals surface area contributed by atoms with Gasteiger partial charge in [-0.2, -0.15) is 4.39 Å². The molecule has 7 nitrogen and oxygen atoms in total. The maximum absolute atomic E-state index is 13.6. The van der Waals surface area contributed by atoms with Crippen molar-refractivity contribution >= 4 is 11.8 Å². The van der Waals surface area contributed by atoms with Crippen molar-refractivity contribution in [1.29, 1.82) is 0 Å². The molecule has 0 aromatic heterocycles. The molecule has 2 heterocycles. The van der Waals surface area contributed by atoms with Crippen LogP contribution in [0.15, 0.2) is 12.1 Å². The van der Waals surface area contributed by atoms with Gasteiger partial charge in [0.2, 0.25) is 5.82 Å². The van der Waals surface area contributed by atoms with Crippen LogP contribution in [0.5, 0.6) is 5.75 Å². The summed E-state index contributed by atoms with van der Waals surface area (Å²) in [7, 11) is 0. The van der Waals surface area contributed by atoms with Crippen molar-refractivity contribution in [3.05, 3.63) is 33.6 Å². The normalized spacial score (nSPS) is 19.2. The second kappa shape index (κ2) is 4.57. The number of likely N-dealkylation sites (tertiary alicyclic amines) is 1. The second-order valence-corrected chi connectivity index (χ2v) is 5.40. The summed E-state index contributed by atoms with van der Waals surface area (Å²) in [5.74, 6) is -0.597. The zero-order valence-corrected chi connectivity index (χ0v) is 11.0. The van der Waals surface area contributed by atoms with Gasteiger partial charge in [-0.3, -0.25) is 10.1 Å². The predicted octanol–water partition coefficient (Wildman–Crippen LogP) is 2.18. The van der Waals surface area contributed by atoms with Crippen molar-refractivity contribution in [3.8, 4) is 5.75 Å². The highest BCUT2D eigenvalue weighted by molar-refractivity contribution is 5.65. The van der Waals surface area contributed by atoms with Crippen molar-refractivity contribution in [1.82, 2.24) is 4.90 Å². The molecule has 2 aliphatic heterocycles. The molecule has 1 aromatic rings. The van der Waals surface area contributed by atoms with Gasteiger partial charge in [-0.25, -0.2) is 4.79 Å². The summed E-state index contributed by atoms with van der Waals surface area (Å²) < 4.78 is 19.4. The van der Waals surface area contributed by atoms with Crippen LogP contribution in [0, 0.1) is 15.9 Å². The monoisotopic (exact) mass is 296 g/mol. The van der Waals surface area contributed by atoms with Crippen LogP contribution in [0.25, 0.3) is 0 Å². The van der Waals surface area contributed by atoms with E-state index in [1.54, 1.807) is 0 Å². The maximum Gasteiger partial charge on any atom is 0.407 e. The first-order valence-corrected chi connectivity index (χ1v) is 6.54. The smallest absolute Gasteiger partial charge is 0.407 e. The lowest BCUT2D eigenvalue weighted by Crippen LogP contribution is -2.48. The number of nitro benzene ring substituents is 1. The molecule has 0 aliphatic carbocycles. The van der Waals surface area contributed by atoms with Crippen molar-refractivity contribution in [3.63, 3.8) is 0 Å². The average molecular weight is 296 g/mol. The van der Waals surface area contributed by atoms with Gasteiger partial charge in [-0.1, -0.05) is 0 Å². The zero-order chi connectivity index (χ0) is 15.2. The van der Waals surface area contributed by atoms with E-state index in [1.807, 2.05) is 0 Å². The largest absolute Gasteiger partial charge is 0.486 e. The SMILES string of the molecule is O=C(O)N1CCC2(CC1)Cc1cc([N+](=O)[O-])c(F)cc1O2. The molecule has 8 heteroatoms. The number of halogens is 1. The van der Waals surface area contributed by atoms with Crippen LogP contribution in [0.3, 0.4) is 0 Å². The van der Waals surface area contributed by atoms with Crippen LogP contribution in [-0.2, 0) is 6.42 Å². The van der Waals surface area contributed by atoms with Gasteiger partial charge in [0.25, 0.3) is 0 Å². The Kier molecular flexibility index (Phi) is 2.96. The van der Waals surface area contributed by atoms with E-state index in [2.05, 4.69) is 0 Å². The third-order valence-electron chi connectivity index (χ3n) is 4.11. The molecule has 112 valence electrons. The lowest BCUT2D eigenvalue weighted by molar-refractivity contribution is -0.387. The van der Waals surface area contributed by atoms with E-state index < -0.39 is 28.1 Å². The number of hydrogen-bond donors (Lipinski definition) is 1. The molecule has 1 fully saturated rings. The van der Waals surface area contributed by atoms with E-state index in [-0.39, 0.29) is 0 Å². The fourth-order valence-electron chi connectivity index (χ4n) is 2.96. The second-order valence-electron chi connectivity index (χ2n) is 5.40. The van der Waals surface area contributed by atoms with Crippen molar-refractivity contribution in [2.75, 3.05) is 13.1 Å². The molecule has 0 radical (unpaired) electrons. The molecule has 1 saturated heterocycles. The van der Waals surface area contributed by atoms with Gasteiger partial charge in [0.05, 0.1) is 4.92 Å². The molecule has 1 amide bonds. The van der Waals surface area contributed by atoms with Crippen LogP contribution in [-0.4, -0.2) is 39.7 Å². The number of nitro groups is 1. The van der Waals surface area contributed by atoms with Crippen LogP contribution < -0.4 is 4.74 Å². The highest BCUT2D eigenvalue weighted by Crippen LogP contribution is 2.43. The number of amides is 1. The average Bonchev–Trinajstić information content (AvgIpc) is 2.74. The van der Waals surface area contributed by atoms with Gasteiger partial charge in [-0.05, 0) is 0 Å². The van der Waals surface area contributed by atoms with E-state index in [0.29, 0.717) is 43.7 Å². The molecular formula is C13H13FN2O5. The minimum atomic E-state index is -0.970. The first kappa shape index (κ1) is 13.6. The summed E-state index contributed by atoms with van der Waals surface area (Å²) in [6.45, 7) is 0.682. The van der Waals surface area contributed by atoms with E-state index in [9.17, 15) is 19.3 Å². The molecule has 0 atom stereocenters. The lowest BCUT2D eigenvalue weighted by atomic mass is 9.87. The van der Waals surface area contributed by atoms with Crippen LogP contribution in [0.4, 0.5) is 14.9 Å². The number of ether oxygens (including phenoxy) is 1. The molecule has 1 N–H and O–H groups in total. The quantitative estimate of drug-likeness (QED) is 0.633. The third kappa shape index (κ3) is 2.26. The summed E-state index contributed by atoms with van der Waals surface area (Å²) in [6, 6.07) is 2.26. The number of hydrogen-bond acceptors (Lipinski definition) is 4. The minimum absolute atomic E-state index is 0.321. The summed E-state index contributed by atoms with van der Waals surface area (Å²) in [5.41, 5.74) is -0.528. The van der Waals surface area contributed by atoms with E-state index in [1.165, 1.54) is 11.0 Å². The fourth-order valence-corrected chi connectivity index (χ4v) is 2.96. The Morgan fingerprint density at radius 3 is 2.67 bits per heavy atom. The van der Waals surface area contributed by atoms with Gasteiger partial charge < -0.3 is 14.7 Å². The molecule has 2 aliphatic rings. The maximum atomic E-state index is 13.6. The molecule has 0 bridgehead atoms. The Hall–Kier alpha value is -2.38. The minimum Gasteiger partial charge on any atom is -0.486 e. The first-order chi connectivity index (χ1) is 9.90. The zero-order valence-electron chi connectivity index (χ0n) is 11.0. The molecule has 0 unspecified atom stereocenters. The van der Waals surface area contributed by atoms with Crippen molar-refractivity contribution < 1.29 is 24.0 Å². The van der Waals surface area contributed by atoms with Crippen LogP contribution in [0.1, 0.15) is 18.4 Å². The predicted molar refractivity (Wildman–Crippen MR) is 68.9 cm³/mol. The Balaban J connectivity index is 1.82. The fraction of sp³-hybridized carbons (Fsp3) is 0.462. The van der Waals surface area contributed by atoms with Gasteiger partial charge in [0.15, 0.2) is 0 Å². The summed E-state index contributed by atoms with van der Waals surface area (Å²) in [4.78, 5) is 22.2. The number of benzene rings is 1. The summed E-state index contributed by atoms with van der Waals surface area (Å²) in [5, 5.41) is 19.7. The van der Waals surface area contributed by atoms with Gasteiger partial charge >= 0.3 is 11.8 Å². The van der Waals surface area contributed by atoms with Crippen molar-refractivity contribution in [2.24, 2.45) is 0 Å². The molecule has 1 spiro atoms. The standard InChI is InChI=1S/C13H13FN2O5/c14-9-6-11-8(5-10(9)16(19)20)7-13(21-11)1-3-15(4-2-13)12(17)18/h5-6H,1-4,7H2,(H,17,18). The number of carboxylic acid groups (broad SMARTS) is 1. The Morgan fingerprint density at radius 2 is 2.10 bits per heavy atom. The van der Waals surface area contributed by atoms with E-state index >= 15 is 0 Å². The third-order valence-corrected chi connectivity index (χ3v) is 4.11. The summed E-state index contributed by atoms with van der Waals surface area (Å²) in [6.07, 6.45) is 0.450. The Morgan fingerprint density at radius 1 is 1.43 bits per heavy atom. The highest BCUT2D eigenvalue weighted by Gasteiger charge is 2.43. The number of rotatable bonds is 1. The Bertz CT molecular complexity index is 625. The molecule has 21 heavy (non-hydrogen) atoms. The van der Waals surface area contributed by atoms with Gasteiger partial charge in [0.1, 0.15) is 11.4 Å². The molecule has 1 aromatic carbocycles. The first-order valence-electron chi connectivity index (χ1n) is 6.54. The van der Waals surface area contributed by atoms with E-state index in [4.69, 9.17) is 9.84 Å². The van der Waals surface area contributed by atoms with Gasteiger partial charge in [0, 0.05) is 50.0 Å². The van der Waals surface area contributed by atoms with E-state index in [0.717, 1.165) is 6.07 Å². The molecule has 0 saturated carbocycles.